The zero-order valence-corrected chi connectivity index (χ0v) is 13.5. The summed E-state index contributed by atoms with van der Waals surface area (Å²) in [6.07, 6.45) is -0.388. The van der Waals surface area contributed by atoms with E-state index in [-0.39, 0.29) is 19.6 Å². The predicted molar refractivity (Wildman–Crippen MR) is 86.7 cm³/mol. The van der Waals surface area contributed by atoms with Gasteiger partial charge < -0.3 is 9.47 Å². The van der Waals surface area contributed by atoms with Gasteiger partial charge in [-0.1, -0.05) is 12.1 Å². The number of ketones is 1. The first kappa shape index (κ1) is 17.4. The summed E-state index contributed by atoms with van der Waals surface area (Å²) >= 11 is 0. The van der Waals surface area contributed by atoms with Crippen LogP contribution < -0.4 is 10.3 Å². The molecule has 126 valence electrons. The highest BCUT2D eigenvalue weighted by atomic mass is 16.5. The standard InChI is InChI=1S/C17H18N2O5/c1-3-24-17(22)10-12(20)11-19-16(21)9-8-14(18-19)13-6-4-5-7-15(13)23-2/h4-9H,3,10-11H2,1-2H3. The van der Waals surface area contributed by atoms with Gasteiger partial charge >= 0.3 is 5.97 Å². The Morgan fingerprint density at radius 3 is 2.62 bits per heavy atom. The Balaban J connectivity index is 2.24. The first-order chi connectivity index (χ1) is 11.5. The zero-order chi connectivity index (χ0) is 17.5. The second-order valence-electron chi connectivity index (χ2n) is 4.94. The van der Waals surface area contributed by atoms with E-state index < -0.39 is 17.3 Å². The summed E-state index contributed by atoms with van der Waals surface area (Å²) in [5, 5.41) is 4.20. The number of ether oxygens (including phenoxy) is 2. The van der Waals surface area contributed by atoms with Gasteiger partial charge in [-0.3, -0.25) is 14.4 Å². The number of para-hydroxylation sites is 1. The van der Waals surface area contributed by atoms with Crippen LogP contribution >= 0.6 is 0 Å². The maximum Gasteiger partial charge on any atom is 0.313 e. The molecule has 24 heavy (non-hydrogen) atoms. The molecule has 0 bridgehead atoms. The van der Waals surface area contributed by atoms with Crippen LogP contribution in [0.1, 0.15) is 13.3 Å². The lowest BCUT2D eigenvalue weighted by Gasteiger charge is -2.09. The molecule has 0 N–H and O–H groups in total. The van der Waals surface area contributed by atoms with Crippen LogP contribution in [-0.2, 0) is 20.9 Å². The van der Waals surface area contributed by atoms with Gasteiger partial charge in [0.1, 0.15) is 18.7 Å². The van der Waals surface area contributed by atoms with Crippen LogP contribution in [0.25, 0.3) is 11.3 Å². The smallest absolute Gasteiger partial charge is 0.313 e. The lowest BCUT2D eigenvalue weighted by Crippen LogP contribution is -2.27. The van der Waals surface area contributed by atoms with Crippen molar-refractivity contribution in [1.82, 2.24) is 9.78 Å². The molecule has 0 amide bonds. The molecule has 0 atom stereocenters. The lowest BCUT2D eigenvalue weighted by molar-refractivity contribution is -0.145. The lowest BCUT2D eigenvalue weighted by atomic mass is 10.1. The molecule has 0 saturated carbocycles. The molecule has 0 aliphatic carbocycles. The van der Waals surface area contributed by atoms with Gasteiger partial charge in [0.2, 0.25) is 0 Å². The third-order valence-corrected chi connectivity index (χ3v) is 3.22. The number of nitrogens with zero attached hydrogens (tertiary/aromatic N) is 2. The van der Waals surface area contributed by atoms with Crippen molar-refractivity contribution in [3.8, 4) is 17.0 Å². The fourth-order valence-corrected chi connectivity index (χ4v) is 2.16. The average molecular weight is 330 g/mol. The molecular formula is C17H18N2O5. The number of methoxy groups -OCH3 is 1. The molecule has 0 unspecified atom stereocenters. The molecule has 0 fully saturated rings. The van der Waals surface area contributed by atoms with E-state index in [1.165, 1.54) is 13.2 Å². The molecule has 1 aromatic carbocycles. The SMILES string of the molecule is CCOC(=O)CC(=O)Cn1nc(-c2ccccc2OC)ccc1=O. The van der Waals surface area contributed by atoms with E-state index in [9.17, 15) is 14.4 Å². The van der Waals surface area contributed by atoms with Crippen LogP contribution in [0.3, 0.4) is 0 Å². The normalized spacial score (nSPS) is 10.2. The molecule has 7 heteroatoms. The summed E-state index contributed by atoms with van der Waals surface area (Å²) in [6, 6.07) is 10.1. The zero-order valence-electron chi connectivity index (χ0n) is 13.5. The summed E-state index contributed by atoms with van der Waals surface area (Å²) in [7, 11) is 1.54. The summed E-state index contributed by atoms with van der Waals surface area (Å²) in [4.78, 5) is 35.1. The molecule has 2 aromatic rings. The monoisotopic (exact) mass is 330 g/mol. The molecule has 1 aromatic heterocycles. The number of benzene rings is 1. The second-order valence-corrected chi connectivity index (χ2v) is 4.94. The van der Waals surface area contributed by atoms with E-state index in [4.69, 9.17) is 9.47 Å². The molecule has 0 aliphatic rings. The molecule has 0 aliphatic heterocycles. The van der Waals surface area contributed by atoms with E-state index in [0.717, 1.165) is 4.68 Å². The van der Waals surface area contributed by atoms with Gasteiger partial charge in [0.15, 0.2) is 5.78 Å². The molecule has 2 rings (SSSR count). The Bertz CT molecular complexity index is 798. The first-order valence-electron chi connectivity index (χ1n) is 7.44. The number of aromatic nitrogens is 2. The van der Waals surface area contributed by atoms with Crippen molar-refractivity contribution in [1.29, 1.82) is 0 Å². The van der Waals surface area contributed by atoms with Crippen molar-refractivity contribution in [3.05, 3.63) is 46.8 Å². The largest absolute Gasteiger partial charge is 0.496 e. The van der Waals surface area contributed by atoms with Gasteiger partial charge in [0, 0.05) is 11.6 Å². The van der Waals surface area contributed by atoms with Crippen LogP contribution in [0.15, 0.2) is 41.2 Å². The van der Waals surface area contributed by atoms with Gasteiger partial charge in [-0.15, -0.1) is 0 Å². The Morgan fingerprint density at radius 2 is 1.92 bits per heavy atom. The van der Waals surface area contributed by atoms with Gasteiger partial charge in [0.05, 0.1) is 19.4 Å². The number of rotatable bonds is 7. The fraction of sp³-hybridized carbons (Fsp3) is 0.294. The van der Waals surface area contributed by atoms with Crippen LogP contribution in [0.4, 0.5) is 0 Å². The highest BCUT2D eigenvalue weighted by molar-refractivity contribution is 5.95. The first-order valence-corrected chi connectivity index (χ1v) is 7.44. The third kappa shape index (κ3) is 4.28. The molecule has 7 nitrogen and oxygen atoms in total. The van der Waals surface area contributed by atoms with E-state index in [1.54, 1.807) is 25.1 Å². The summed E-state index contributed by atoms with van der Waals surface area (Å²) in [6.45, 7) is 1.57. The summed E-state index contributed by atoms with van der Waals surface area (Å²) in [5.41, 5.74) is 0.772. The Labute approximate surface area is 138 Å². The van der Waals surface area contributed by atoms with Crippen LogP contribution in [0.2, 0.25) is 0 Å². The Kier molecular flexibility index (Phi) is 5.83. The van der Waals surface area contributed by atoms with Crippen LogP contribution in [0.5, 0.6) is 5.75 Å². The van der Waals surface area contributed by atoms with Crippen molar-refractivity contribution < 1.29 is 19.1 Å². The predicted octanol–water partition coefficient (Wildman–Crippen LogP) is 1.44. The maximum atomic E-state index is 11.9. The fourth-order valence-electron chi connectivity index (χ4n) is 2.16. The number of carbonyl (C=O) groups is 2. The number of Topliss-reactive ketones (excluding diaryl/α,β-unsaturated/α-hetero) is 1. The summed E-state index contributed by atoms with van der Waals surface area (Å²) in [5.74, 6) is -0.454. The van der Waals surface area contributed by atoms with Crippen LogP contribution in [-0.4, -0.2) is 35.2 Å². The minimum Gasteiger partial charge on any atom is -0.496 e. The average Bonchev–Trinajstić information content (AvgIpc) is 2.57. The number of hydrogen-bond acceptors (Lipinski definition) is 6. The van der Waals surface area contributed by atoms with Crippen molar-refractivity contribution in [2.75, 3.05) is 13.7 Å². The minimum absolute atomic E-state index is 0.202. The van der Waals surface area contributed by atoms with Crippen molar-refractivity contribution in [3.63, 3.8) is 0 Å². The third-order valence-electron chi connectivity index (χ3n) is 3.22. The van der Waals surface area contributed by atoms with Gasteiger partial charge in [-0.05, 0) is 25.1 Å². The van der Waals surface area contributed by atoms with Crippen molar-refractivity contribution in [2.24, 2.45) is 0 Å². The van der Waals surface area contributed by atoms with Gasteiger partial charge in [-0.2, -0.15) is 5.10 Å². The molecular weight excluding hydrogens is 312 g/mol. The van der Waals surface area contributed by atoms with Gasteiger partial charge in [-0.25, -0.2) is 4.68 Å². The van der Waals surface area contributed by atoms with Gasteiger partial charge in [0.25, 0.3) is 5.56 Å². The van der Waals surface area contributed by atoms with Crippen LogP contribution in [0, 0.1) is 0 Å². The molecule has 0 spiro atoms. The van der Waals surface area contributed by atoms with E-state index >= 15 is 0 Å². The highest BCUT2D eigenvalue weighted by Crippen LogP contribution is 2.27. The van der Waals surface area contributed by atoms with Crippen molar-refractivity contribution in [2.45, 2.75) is 19.9 Å². The maximum absolute atomic E-state index is 11.9. The Morgan fingerprint density at radius 1 is 1.17 bits per heavy atom. The van der Waals surface area contributed by atoms with E-state index in [0.29, 0.717) is 17.0 Å². The topological polar surface area (TPSA) is 87.5 Å². The summed E-state index contributed by atoms with van der Waals surface area (Å²) < 4.78 is 11.0. The molecule has 0 radical (unpaired) electrons. The minimum atomic E-state index is -0.614. The second kappa shape index (κ2) is 8.05. The van der Waals surface area contributed by atoms with E-state index in [1.807, 2.05) is 12.1 Å². The van der Waals surface area contributed by atoms with E-state index in [2.05, 4.69) is 5.10 Å². The Hall–Kier alpha value is -2.96. The number of esters is 1. The quantitative estimate of drug-likeness (QED) is 0.564. The number of hydrogen-bond donors (Lipinski definition) is 0. The number of carbonyl (C=O) groups excluding carboxylic acids is 2. The molecule has 1 heterocycles. The highest BCUT2D eigenvalue weighted by Gasteiger charge is 2.14. The molecule has 0 saturated heterocycles. The van der Waals surface area contributed by atoms with Crippen molar-refractivity contribution >= 4 is 11.8 Å².